The number of hydrogen-bond donors (Lipinski definition) is 0. The van der Waals surface area contributed by atoms with Gasteiger partial charge in [0.2, 0.25) is 0 Å². The lowest BCUT2D eigenvalue weighted by Crippen LogP contribution is -2.16. The number of benzene rings is 1. The molecule has 0 saturated heterocycles. The topological polar surface area (TPSA) is 56.8 Å². The van der Waals surface area contributed by atoms with Crippen LogP contribution in [0.3, 0.4) is 0 Å². The van der Waals surface area contributed by atoms with Crippen molar-refractivity contribution in [1.82, 2.24) is 0 Å². The second-order valence-corrected chi connectivity index (χ2v) is 5.20. The molecule has 0 N–H and O–H groups in total. The Hall–Kier alpha value is -2.17. The molecule has 0 amide bonds. The van der Waals surface area contributed by atoms with Crippen molar-refractivity contribution in [2.75, 3.05) is 0 Å². The van der Waals surface area contributed by atoms with Crippen molar-refractivity contribution in [3.05, 3.63) is 40.7 Å². The zero-order valence-electron chi connectivity index (χ0n) is 11.8. The third kappa shape index (κ3) is 4.41. The lowest BCUT2D eigenvalue weighted by atomic mass is 9.98. The van der Waals surface area contributed by atoms with Gasteiger partial charge in [-0.1, -0.05) is 31.4 Å². The Bertz CT molecular complexity index is 588. The van der Waals surface area contributed by atoms with Crippen molar-refractivity contribution in [2.24, 2.45) is 0 Å². The maximum absolute atomic E-state index is 14.0. The van der Waals surface area contributed by atoms with E-state index in [1.54, 1.807) is 24.3 Å². The maximum atomic E-state index is 14.0. The minimum Gasteiger partial charge on any atom is -0.373 e. The van der Waals surface area contributed by atoms with E-state index in [1.165, 1.54) is 31.4 Å². The van der Waals surface area contributed by atoms with Crippen LogP contribution >= 0.6 is 0 Å². The minimum atomic E-state index is -0.366. The van der Waals surface area contributed by atoms with Gasteiger partial charge >= 0.3 is 0 Å². The van der Waals surface area contributed by atoms with Crippen LogP contribution in [0.5, 0.6) is 0 Å². The minimum absolute atomic E-state index is 0.0411. The zero-order valence-corrected chi connectivity index (χ0v) is 11.8. The molecule has 1 aromatic rings. The van der Waals surface area contributed by atoms with E-state index in [0.717, 1.165) is 12.8 Å². The van der Waals surface area contributed by atoms with Gasteiger partial charge in [0.05, 0.1) is 12.7 Å². The molecule has 0 bridgehead atoms. The molecule has 1 aliphatic carbocycles. The first-order valence-corrected chi connectivity index (χ1v) is 7.15. The first-order chi connectivity index (χ1) is 10.2. The van der Waals surface area contributed by atoms with Gasteiger partial charge in [0, 0.05) is 5.56 Å². The maximum Gasteiger partial charge on any atom is 0.130 e. The van der Waals surface area contributed by atoms with Gasteiger partial charge in [0.15, 0.2) is 0 Å². The van der Waals surface area contributed by atoms with Gasteiger partial charge in [0.25, 0.3) is 0 Å². The number of ether oxygens (including phenoxy) is 1. The second kappa shape index (κ2) is 7.57. The van der Waals surface area contributed by atoms with Crippen LogP contribution in [0.25, 0.3) is 6.08 Å². The summed E-state index contributed by atoms with van der Waals surface area (Å²) in [6, 6.07) is 8.18. The average molecular weight is 284 g/mol. The van der Waals surface area contributed by atoms with E-state index in [9.17, 15) is 4.39 Å². The molecule has 0 radical (unpaired) electrons. The van der Waals surface area contributed by atoms with E-state index >= 15 is 0 Å². The number of halogens is 1. The van der Waals surface area contributed by atoms with Gasteiger partial charge in [-0.2, -0.15) is 10.5 Å². The van der Waals surface area contributed by atoms with Crippen molar-refractivity contribution in [3.63, 3.8) is 0 Å². The van der Waals surface area contributed by atoms with Gasteiger partial charge in [-0.25, -0.2) is 4.39 Å². The van der Waals surface area contributed by atoms with E-state index in [1.807, 2.05) is 0 Å². The standard InChI is InChI=1S/C17H17FN2O/c18-17-9-13(8-14(10-19)11-20)6-7-15(17)12-21-16-4-2-1-3-5-16/h6-9,16H,1-5,12H2. The monoisotopic (exact) mass is 284 g/mol. The lowest BCUT2D eigenvalue weighted by molar-refractivity contribution is 0.0156. The number of nitriles is 2. The van der Waals surface area contributed by atoms with Crippen LogP contribution in [0.15, 0.2) is 23.8 Å². The number of allylic oxidation sites excluding steroid dienone is 1. The summed E-state index contributed by atoms with van der Waals surface area (Å²) in [4.78, 5) is 0. The molecule has 0 aromatic heterocycles. The van der Waals surface area contributed by atoms with Crippen LogP contribution in [0.2, 0.25) is 0 Å². The molecule has 0 atom stereocenters. The summed E-state index contributed by atoms with van der Waals surface area (Å²) in [7, 11) is 0. The Morgan fingerprint density at radius 1 is 1.24 bits per heavy atom. The molecule has 4 heteroatoms. The van der Waals surface area contributed by atoms with Crippen LogP contribution in [-0.2, 0) is 11.3 Å². The zero-order chi connectivity index (χ0) is 15.1. The average Bonchev–Trinajstić information content (AvgIpc) is 2.52. The fourth-order valence-electron chi connectivity index (χ4n) is 2.47. The Labute approximate surface area is 124 Å². The second-order valence-electron chi connectivity index (χ2n) is 5.20. The Morgan fingerprint density at radius 2 is 1.95 bits per heavy atom. The van der Waals surface area contributed by atoms with Crippen molar-refractivity contribution in [2.45, 2.75) is 44.8 Å². The molecule has 108 valence electrons. The predicted octanol–water partition coefficient (Wildman–Crippen LogP) is 4.11. The number of nitrogens with zero attached hydrogens (tertiary/aromatic N) is 2. The number of hydrogen-bond acceptors (Lipinski definition) is 3. The number of rotatable bonds is 4. The van der Waals surface area contributed by atoms with E-state index < -0.39 is 0 Å². The van der Waals surface area contributed by atoms with Crippen LogP contribution in [-0.4, -0.2) is 6.10 Å². The largest absolute Gasteiger partial charge is 0.373 e. The van der Waals surface area contributed by atoms with Crippen molar-refractivity contribution < 1.29 is 9.13 Å². The van der Waals surface area contributed by atoms with Gasteiger partial charge in [-0.3, -0.25) is 0 Å². The first-order valence-electron chi connectivity index (χ1n) is 7.15. The van der Waals surface area contributed by atoms with E-state index in [-0.39, 0.29) is 24.1 Å². The van der Waals surface area contributed by atoms with Crippen LogP contribution in [0.1, 0.15) is 43.2 Å². The molecule has 0 heterocycles. The smallest absolute Gasteiger partial charge is 0.130 e. The summed E-state index contributed by atoms with van der Waals surface area (Å²) in [6.45, 7) is 0.268. The van der Waals surface area contributed by atoms with Gasteiger partial charge in [0.1, 0.15) is 23.5 Å². The van der Waals surface area contributed by atoms with Crippen molar-refractivity contribution in [3.8, 4) is 12.1 Å². The van der Waals surface area contributed by atoms with Gasteiger partial charge < -0.3 is 4.74 Å². The van der Waals surface area contributed by atoms with Crippen LogP contribution in [0.4, 0.5) is 4.39 Å². The highest BCUT2D eigenvalue weighted by Gasteiger charge is 2.14. The highest BCUT2D eigenvalue weighted by atomic mass is 19.1. The van der Waals surface area contributed by atoms with E-state index in [4.69, 9.17) is 15.3 Å². The van der Waals surface area contributed by atoms with Crippen LogP contribution in [0, 0.1) is 28.5 Å². The summed E-state index contributed by atoms with van der Waals surface area (Å²) in [6.07, 6.45) is 7.34. The lowest BCUT2D eigenvalue weighted by Gasteiger charge is -2.22. The summed E-state index contributed by atoms with van der Waals surface area (Å²) in [5.74, 6) is -0.366. The van der Waals surface area contributed by atoms with Crippen molar-refractivity contribution in [1.29, 1.82) is 10.5 Å². The summed E-state index contributed by atoms with van der Waals surface area (Å²) in [5.41, 5.74) is 0.973. The molecule has 1 saturated carbocycles. The molecule has 21 heavy (non-hydrogen) atoms. The molecule has 0 spiro atoms. The molecule has 0 unspecified atom stereocenters. The quantitative estimate of drug-likeness (QED) is 0.782. The Kier molecular flexibility index (Phi) is 5.49. The Balaban J connectivity index is 2.01. The third-order valence-electron chi connectivity index (χ3n) is 3.66. The fourth-order valence-corrected chi connectivity index (χ4v) is 2.47. The SMILES string of the molecule is N#CC(C#N)=Cc1ccc(COC2CCCCC2)c(F)c1. The molecule has 0 aliphatic heterocycles. The fraction of sp³-hybridized carbons (Fsp3) is 0.412. The summed E-state index contributed by atoms with van der Waals surface area (Å²) < 4.78 is 19.7. The Morgan fingerprint density at radius 3 is 2.57 bits per heavy atom. The molecule has 1 aromatic carbocycles. The predicted molar refractivity (Wildman–Crippen MR) is 77.3 cm³/mol. The molecular weight excluding hydrogens is 267 g/mol. The van der Waals surface area contributed by atoms with Gasteiger partial charge in [-0.15, -0.1) is 0 Å². The molecule has 1 fully saturated rings. The molecule has 2 rings (SSSR count). The third-order valence-corrected chi connectivity index (χ3v) is 3.66. The van der Waals surface area contributed by atoms with Crippen molar-refractivity contribution >= 4 is 6.08 Å². The summed E-state index contributed by atoms with van der Waals surface area (Å²) >= 11 is 0. The van der Waals surface area contributed by atoms with E-state index in [2.05, 4.69) is 0 Å². The molecule has 1 aliphatic rings. The highest BCUT2D eigenvalue weighted by molar-refractivity contribution is 5.62. The van der Waals surface area contributed by atoms with Crippen LogP contribution < -0.4 is 0 Å². The first kappa shape index (κ1) is 15.2. The van der Waals surface area contributed by atoms with E-state index in [0.29, 0.717) is 11.1 Å². The summed E-state index contributed by atoms with van der Waals surface area (Å²) in [5, 5.41) is 17.4. The molecule has 3 nitrogen and oxygen atoms in total. The normalized spacial score (nSPS) is 15.0. The molecular formula is C17H17FN2O. The van der Waals surface area contributed by atoms with Gasteiger partial charge in [-0.05, 0) is 30.5 Å². The highest BCUT2D eigenvalue weighted by Crippen LogP contribution is 2.22.